The lowest BCUT2D eigenvalue weighted by Gasteiger charge is -2.14. The van der Waals surface area contributed by atoms with Crippen LogP contribution in [0.3, 0.4) is 0 Å². The van der Waals surface area contributed by atoms with Gasteiger partial charge in [0.15, 0.2) is 0 Å². The summed E-state index contributed by atoms with van der Waals surface area (Å²) < 4.78 is 5.36. The lowest BCUT2D eigenvalue weighted by atomic mass is 10.1. The second kappa shape index (κ2) is 8.49. The number of carbonyl (C=O) groups excluding carboxylic acids is 1. The standard InChI is InChI=1S/C21H20N4O2S/c1-13-6-7-16(27-3)11-17(13)21(24-14(2)15-5-4-9-23-12-15)25-18-8-10-28-19(18)20(22)26/h4-12H,2H2,1,3H3,(H2,22,26)(H,24,25). The molecule has 0 bridgehead atoms. The smallest absolute Gasteiger partial charge is 0.260 e. The Labute approximate surface area is 167 Å². The molecule has 1 amide bonds. The van der Waals surface area contributed by atoms with Gasteiger partial charge in [0, 0.05) is 23.5 Å². The van der Waals surface area contributed by atoms with E-state index in [2.05, 4.69) is 16.9 Å². The van der Waals surface area contributed by atoms with Gasteiger partial charge in [-0.3, -0.25) is 9.78 Å². The maximum atomic E-state index is 11.7. The highest BCUT2D eigenvalue weighted by molar-refractivity contribution is 7.12. The van der Waals surface area contributed by atoms with Crippen molar-refractivity contribution in [1.82, 2.24) is 4.98 Å². The number of nitrogens with one attached hydrogen (secondary N) is 1. The third-order valence-corrected chi connectivity index (χ3v) is 5.01. The summed E-state index contributed by atoms with van der Waals surface area (Å²) in [5.41, 5.74) is 9.22. The first-order chi connectivity index (χ1) is 13.5. The highest BCUT2D eigenvalue weighted by Gasteiger charge is 2.15. The summed E-state index contributed by atoms with van der Waals surface area (Å²) >= 11 is 1.27. The third kappa shape index (κ3) is 4.27. The number of benzene rings is 1. The predicted molar refractivity (Wildman–Crippen MR) is 114 cm³/mol. The third-order valence-electron chi connectivity index (χ3n) is 4.08. The van der Waals surface area contributed by atoms with E-state index in [-0.39, 0.29) is 0 Å². The number of amides is 1. The molecule has 0 radical (unpaired) electrons. The van der Waals surface area contributed by atoms with Gasteiger partial charge in [0.1, 0.15) is 16.5 Å². The molecule has 0 fully saturated rings. The van der Waals surface area contributed by atoms with Crippen molar-refractivity contribution < 1.29 is 9.53 Å². The summed E-state index contributed by atoms with van der Waals surface area (Å²) in [5.74, 6) is 0.735. The fourth-order valence-electron chi connectivity index (χ4n) is 2.60. The van der Waals surface area contributed by atoms with Gasteiger partial charge < -0.3 is 15.8 Å². The van der Waals surface area contributed by atoms with Crippen LogP contribution in [0.1, 0.15) is 26.4 Å². The van der Waals surface area contributed by atoms with E-state index in [1.165, 1.54) is 11.3 Å². The number of aliphatic imine (C=N–C) groups is 1. The molecule has 3 aromatic rings. The van der Waals surface area contributed by atoms with Gasteiger partial charge in [-0.2, -0.15) is 0 Å². The average Bonchev–Trinajstić information content (AvgIpc) is 3.17. The van der Waals surface area contributed by atoms with E-state index in [0.717, 1.165) is 16.7 Å². The molecule has 7 heteroatoms. The van der Waals surface area contributed by atoms with Crippen molar-refractivity contribution in [3.05, 3.63) is 82.3 Å². The van der Waals surface area contributed by atoms with Crippen LogP contribution in [0.4, 0.5) is 5.69 Å². The van der Waals surface area contributed by atoms with Crippen molar-refractivity contribution in [1.29, 1.82) is 0 Å². The maximum absolute atomic E-state index is 11.7. The molecular formula is C21H20N4O2S. The number of carbonyl (C=O) groups is 1. The fraction of sp³-hybridized carbons (Fsp3) is 0.0952. The van der Waals surface area contributed by atoms with Crippen molar-refractivity contribution in [3.63, 3.8) is 0 Å². The van der Waals surface area contributed by atoms with Crippen LogP contribution < -0.4 is 15.8 Å². The number of methoxy groups -OCH3 is 1. The number of amidine groups is 1. The first-order valence-electron chi connectivity index (χ1n) is 8.47. The van der Waals surface area contributed by atoms with Crippen molar-refractivity contribution in [3.8, 4) is 5.75 Å². The number of hydrogen-bond acceptors (Lipinski definition) is 5. The monoisotopic (exact) mass is 392 g/mol. The summed E-state index contributed by atoms with van der Waals surface area (Å²) in [6.45, 7) is 6.04. The van der Waals surface area contributed by atoms with Crippen LogP contribution >= 0.6 is 11.3 Å². The van der Waals surface area contributed by atoms with Crippen LogP contribution in [-0.2, 0) is 0 Å². The molecule has 0 saturated carbocycles. The van der Waals surface area contributed by atoms with Gasteiger partial charge in [-0.25, -0.2) is 4.99 Å². The zero-order valence-corrected chi connectivity index (χ0v) is 16.4. The minimum atomic E-state index is -0.495. The molecule has 142 valence electrons. The van der Waals surface area contributed by atoms with E-state index in [1.54, 1.807) is 30.9 Å². The number of ether oxygens (including phenoxy) is 1. The number of pyridine rings is 1. The van der Waals surface area contributed by atoms with Crippen molar-refractivity contribution >= 4 is 34.5 Å². The molecule has 0 aliphatic carbocycles. The van der Waals surface area contributed by atoms with Crippen LogP contribution in [0.2, 0.25) is 0 Å². The number of rotatable bonds is 6. The highest BCUT2D eigenvalue weighted by Crippen LogP contribution is 2.26. The average molecular weight is 392 g/mol. The van der Waals surface area contributed by atoms with Gasteiger partial charge >= 0.3 is 0 Å². The van der Waals surface area contributed by atoms with Gasteiger partial charge in [0.05, 0.1) is 18.5 Å². The SMILES string of the molecule is C=C(/N=C(/Nc1ccsc1C(N)=O)c1cc(OC)ccc1C)c1cccnc1. The number of aryl methyl sites for hydroxylation is 1. The van der Waals surface area contributed by atoms with E-state index >= 15 is 0 Å². The number of hydrogen-bond donors (Lipinski definition) is 2. The van der Waals surface area contributed by atoms with Crippen molar-refractivity contribution in [2.75, 3.05) is 12.4 Å². The number of thiophene rings is 1. The zero-order valence-electron chi connectivity index (χ0n) is 15.6. The van der Waals surface area contributed by atoms with E-state index in [4.69, 9.17) is 15.5 Å². The van der Waals surface area contributed by atoms with Gasteiger partial charge in [-0.05, 0) is 48.2 Å². The summed E-state index contributed by atoms with van der Waals surface area (Å²) in [5, 5.41) is 5.04. The van der Waals surface area contributed by atoms with Crippen LogP contribution in [-0.4, -0.2) is 23.8 Å². The molecule has 2 aromatic heterocycles. The number of primary amides is 1. The second-order valence-electron chi connectivity index (χ2n) is 5.98. The topological polar surface area (TPSA) is 89.6 Å². The summed E-state index contributed by atoms with van der Waals surface area (Å²) in [7, 11) is 1.61. The van der Waals surface area contributed by atoms with Crippen LogP contribution in [0.25, 0.3) is 5.70 Å². The highest BCUT2D eigenvalue weighted by atomic mass is 32.1. The zero-order chi connectivity index (χ0) is 20.1. The number of nitrogens with zero attached hydrogens (tertiary/aromatic N) is 2. The summed E-state index contributed by atoms with van der Waals surface area (Å²) in [4.78, 5) is 21.0. The number of aromatic nitrogens is 1. The summed E-state index contributed by atoms with van der Waals surface area (Å²) in [6, 6.07) is 11.2. The quantitative estimate of drug-likeness (QED) is 0.488. The molecule has 3 N–H and O–H groups in total. The molecule has 0 unspecified atom stereocenters. The molecule has 0 aliphatic heterocycles. The minimum Gasteiger partial charge on any atom is -0.497 e. The van der Waals surface area contributed by atoms with Gasteiger partial charge in [0.2, 0.25) is 0 Å². The maximum Gasteiger partial charge on any atom is 0.260 e. The second-order valence-corrected chi connectivity index (χ2v) is 6.90. The Bertz CT molecular complexity index is 1040. The van der Waals surface area contributed by atoms with Crippen LogP contribution in [0.5, 0.6) is 5.75 Å². The van der Waals surface area contributed by atoms with Crippen LogP contribution in [0, 0.1) is 6.92 Å². The molecule has 0 saturated heterocycles. The van der Waals surface area contributed by atoms with Gasteiger partial charge in [0.25, 0.3) is 5.91 Å². The normalized spacial score (nSPS) is 11.1. The first kappa shape index (κ1) is 19.3. The molecule has 1 aromatic carbocycles. The Kier molecular flexibility index (Phi) is 5.86. The molecular weight excluding hydrogens is 372 g/mol. The van der Waals surface area contributed by atoms with E-state index in [9.17, 15) is 4.79 Å². The molecule has 28 heavy (non-hydrogen) atoms. The lowest BCUT2D eigenvalue weighted by Crippen LogP contribution is -2.18. The van der Waals surface area contributed by atoms with E-state index in [1.807, 2.05) is 37.3 Å². The Morgan fingerprint density at radius 3 is 2.82 bits per heavy atom. The Morgan fingerprint density at radius 2 is 2.14 bits per heavy atom. The Hall–Kier alpha value is -3.45. The lowest BCUT2D eigenvalue weighted by molar-refractivity contribution is 0.100. The molecule has 3 rings (SSSR count). The molecule has 0 spiro atoms. The summed E-state index contributed by atoms with van der Waals surface area (Å²) in [6.07, 6.45) is 3.39. The van der Waals surface area contributed by atoms with E-state index < -0.39 is 5.91 Å². The minimum absolute atomic E-state index is 0.431. The van der Waals surface area contributed by atoms with Gasteiger partial charge in [-0.15, -0.1) is 11.3 Å². The van der Waals surface area contributed by atoms with Crippen molar-refractivity contribution in [2.45, 2.75) is 6.92 Å². The Balaban J connectivity index is 2.08. The van der Waals surface area contributed by atoms with E-state index in [0.29, 0.717) is 27.8 Å². The Morgan fingerprint density at radius 1 is 1.32 bits per heavy atom. The largest absolute Gasteiger partial charge is 0.497 e. The molecule has 6 nitrogen and oxygen atoms in total. The number of nitrogens with two attached hydrogens (primary N) is 1. The van der Waals surface area contributed by atoms with Gasteiger partial charge in [-0.1, -0.05) is 12.6 Å². The first-order valence-corrected chi connectivity index (χ1v) is 9.35. The predicted octanol–water partition coefficient (Wildman–Crippen LogP) is 4.09. The molecule has 2 heterocycles. The fourth-order valence-corrected chi connectivity index (χ4v) is 3.30. The van der Waals surface area contributed by atoms with Crippen LogP contribution in [0.15, 0.2) is 65.7 Å². The van der Waals surface area contributed by atoms with Crippen molar-refractivity contribution in [2.24, 2.45) is 10.7 Å². The molecule has 0 aliphatic rings. The number of anilines is 1. The molecule has 0 atom stereocenters.